The Morgan fingerprint density at radius 1 is 1.47 bits per heavy atom. The zero-order valence-corrected chi connectivity index (χ0v) is 10.9. The van der Waals surface area contributed by atoms with Crippen LogP contribution in [0.15, 0.2) is 24.3 Å². The van der Waals surface area contributed by atoms with Crippen LogP contribution in [0.5, 0.6) is 5.75 Å². The number of hydrogen-bond donors (Lipinski definition) is 1. The Bertz CT molecular complexity index is 452. The maximum Gasteiger partial charge on any atom is 0.387 e. The maximum atomic E-state index is 12.1. The van der Waals surface area contributed by atoms with E-state index < -0.39 is 6.61 Å². The monoisotopic (exact) mass is 289 g/mol. The first-order valence-corrected chi connectivity index (χ1v) is 6.47. The molecule has 1 amide bonds. The van der Waals surface area contributed by atoms with Crippen LogP contribution in [-0.2, 0) is 0 Å². The Labute approximate surface area is 114 Å². The minimum atomic E-state index is -2.90. The van der Waals surface area contributed by atoms with Crippen LogP contribution in [0.25, 0.3) is 0 Å². The lowest BCUT2D eigenvalue weighted by molar-refractivity contribution is -0.0498. The molecular weight excluding hydrogens is 276 g/mol. The zero-order valence-electron chi connectivity index (χ0n) is 10.1. The van der Waals surface area contributed by atoms with Crippen LogP contribution in [0.1, 0.15) is 23.2 Å². The molecule has 0 aromatic heterocycles. The fourth-order valence-corrected chi connectivity index (χ4v) is 2.06. The van der Waals surface area contributed by atoms with Crippen LogP contribution in [0.4, 0.5) is 8.78 Å². The molecule has 19 heavy (non-hydrogen) atoms. The summed E-state index contributed by atoms with van der Waals surface area (Å²) < 4.78 is 28.4. The van der Waals surface area contributed by atoms with Crippen molar-refractivity contribution in [3.63, 3.8) is 0 Å². The Hall–Kier alpha value is -1.36. The van der Waals surface area contributed by atoms with E-state index in [0.717, 1.165) is 12.8 Å². The van der Waals surface area contributed by atoms with Gasteiger partial charge < -0.3 is 10.1 Å². The molecule has 1 N–H and O–H groups in total. The van der Waals surface area contributed by atoms with Gasteiger partial charge in [0.1, 0.15) is 5.75 Å². The SMILES string of the molecule is O=C(NCC(Cl)C1CC1)c1cccc(OC(F)F)c1. The summed E-state index contributed by atoms with van der Waals surface area (Å²) in [6, 6.07) is 5.68. The van der Waals surface area contributed by atoms with Gasteiger partial charge in [0, 0.05) is 12.1 Å². The Morgan fingerprint density at radius 2 is 2.21 bits per heavy atom. The second-order valence-corrected chi connectivity index (χ2v) is 5.03. The number of amides is 1. The van der Waals surface area contributed by atoms with Crippen molar-refractivity contribution in [1.82, 2.24) is 5.32 Å². The van der Waals surface area contributed by atoms with Gasteiger partial charge >= 0.3 is 6.61 Å². The van der Waals surface area contributed by atoms with Gasteiger partial charge in [-0.2, -0.15) is 8.78 Å². The average Bonchev–Trinajstić information content (AvgIpc) is 3.19. The second-order valence-electron chi connectivity index (χ2n) is 4.47. The maximum absolute atomic E-state index is 12.1. The highest BCUT2D eigenvalue weighted by molar-refractivity contribution is 6.21. The first kappa shape index (κ1) is 14.1. The lowest BCUT2D eigenvalue weighted by Gasteiger charge is -2.10. The van der Waals surface area contributed by atoms with Crippen molar-refractivity contribution in [3.05, 3.63) is 29.8 Å². The third-order valence-electron chi connectivity index (χ3n) is 2.91. The van der Waals surface area contributed by atoms with Crippen molar-refractivity contribution in [2.75, 3.05) is 6.54 Å². The summed E-state index contributed by atoms with van der Waals surface area (Å²) in [7, 11) is 0. The number of alkyl halides is 3. The summed E-state index contributed by atoms with van der Waals surface area (Å²) in [4.78, 5) is 11.8. The van der Waals surface area contributed by atoms with Gasteiger partial charge in [0.2, 0.25) is 0 Å². The van der Waals surface area contributed by atoms with Gasteiger partial charge in [0.25, 0.3) is 5.91 Å². The summed E-state index contributed by atoms with van der Waals surface area (Å²) in [5.74, 6) is 0.105. The largest absolute Gasteiger partial charge is 0.435 e. The van der Waals surface area contributed by atoms with Crippen LogP contribution >= 0.6 is 11.6 Å². The van der Waals surface area contributed by atoms with Crippen LogP contribution in [0.2, 0.25) is 0 Å². The molecule has 1 saturated carbocycles. The molecule has 1 aromatic rings. The molecule has 104 valence electrons. The fraction of sp³-hybridized carbons (Fsp3) is 0.462. The minimum absolute atomic E-state index is 0.0349. The van der Waals surface area contributed by atoms with Gasteiger partial charge in [0.15, 0.2) is 0 Å². The predicted octanol–water partition coefficient (Wildman–Crippen LogP) is 3.04. The summed E-state index contributed by atoms with van der Waals surface area (Å²) in [5, 5.41) is 2.62. The average molecular weight is 290 g/mol. The number of rotatable bonds is 6. The smallest absolute Gasteiger partial charge is 0.387 e. The molecular formula is C13H14ClF2NO2. The van der Waals surface area contributed by atoms with E-state index in [4.69, 9.17) is 11.6 Å². The van der Waals surface area contributed by atoms with Gasteiger partial charge in [-0.25, -0.2) is 0 Å². The van der Waals surface area contributed by atoms with E-state index in [-0.39, 0.29) is 22.6 Å². The molecule has 1 unspecified atom stereocenters. The van der Waals surface area contributed by atoms with Crippen molar-refractivity contribution in [2.45, 2.75) is 24.8 Å². The van der Waals surface area contributed by atoms with Crippen LogP contribution < -0.4 is 10.1 Å². The van der Waals surface area contributed by atoms with Crippen molar-refractivity contribution in [3.8, 4) is 5.75 Å². The first-order chi connectivity index (χ1) is 9.06. The van der Waals surface area contributed by atoms with E-state index in [1.54, 1.807) is 0 Å². The molecule has 0 radical (unpaired) electrons. The normalized spacial score (nSPS) is 16.2. The molecule has 3 nitrogen and oxygen atoms in total. The molecule has 1 aliphatic carbocycles. The first-order valence-electron chi connectivity index (χ1n) is 6.03. The summed E-state index contributed by atoms with van der Waals surface area (Å²) in [6.45, 7) is -2.52. The third kappa shape index (κ3) is 4.35. The van der Waals surface area contributed by atoms with E-state index in [1.165, 1.54) is 24.3 Å². The molecule has 2 rings (SSSR count). The van der Waals surface area contributed by atoms with E-state index in [1.807, 2.05) is 0 Å². The van der Waals surface area contributed by atoms with Gasteiger partial charge in [0.05, 0.1) is 5.38 Å². The quantitative estimate of drug-likeness (QED) is 0.818. The molecule has 1 atom stereocenters. The molecule has 0 aliphatic heterocycles. The fourth-order valence-electron chi connectivity index (χ4n) is 1.73. The number of ether oxygens (including phenoxy) is 1. The summed E-state index contributed by atoms with van der Waals surface area (Å²) in [5.41, 5.74) is 0.276. The second kappa shape index (κ2) is 6.19. The lowest BCUT2D eigenvalue weighted by atomic mass is 10.2. The molecule has 1 aliphatic rings. The number of carbonyl (C=O) groups is 1. The molecule has 0 heterocycles. The van der Waals surface area contributed by atoms with E-state index in [9.17, 15) is 13.6 Å². The Kier molecular flexibility index (Phi) is 4.58. The highest BCUT2D eigenvalue weighted by Crippen LogP contribution is 2.35. The van der Waals surface area contributed by atoms with Crippen LogP contribution in [0.3, 0.4) is 0 Å². The lowest BCUT2D eigenvalue weighted by Crippen LogP contribution is -2.30. The van der Waals surface area contributed by atoms with Crippen molar-refractivity contribution in [2.24, 2.45) is 5.92 Å². The number of nitrogens with one attached hydrogen (secondary N) is 1. The van der Waals surface area contributed by atoms with Crippen molar-refractivity contribution in [1.29, 1.82) is 0 Å². The van der Waals surface area contributed by atoms with Crippen molar-refractivity contribution < 1.29 is 18.3 Å². The predicted molar refractivity (Wildman–Crippen MR) is 67.8 cm³/mol. The van der Waals surface area contributed by atoms with Gasteiger partial charge in [-0.15, -0.1) is 11.6 Å². The molecule has 0 spiro atoms. The van der Waals surface area contributed by atoms with Gasteiger partial charge in [-0.05, 0) is 37.0 Å². The zero-order chi connectivity index (χ0) is 13.8. The van der Waals surface area contributed by atoms with Gasteiger partial charge in [-0.1, -0.05) is 6.07 Å². The number of benzene rings is 1. The van der Waals surface area contributed by atoms with E-state index in [2.05, 4.69) is 10.1 Å². The Morgan fingerprint density at radius 3 is 2.84 bits per heavy atom. The van der Waals surface area contributed by atoms with Gasteiger partial charge in [-0.3, -0.25) is 4.79 Å². The molecule has 0 bridgehead atoms. The summed E-state index contributed by atoms with van der Waals surface area (Å²) >= 11 is 6.07. The molecule has 0 saturated heterocycles. The molecule has 1 fully saturated rings. The van der Waals surface area contributed by atoms with E-state index in [0.29, 0.717) is 12.5 Å². The standard InChI is InChI=1S/C13H14ClF2NO2/c14-11(8-4-5-8)7-17-12(18)9-2-1-3-10(6-9)19-13(15)16/h1-3,6,8,11,13H,4-5,7H2,(H,17,18). The number of halogens is 3. The number of hydrogen-bond acceptors (Lipinski definition) is 2. The van der Waals surface area contributed by atoms with E-state index >= 15 is 0 Å². The minimum Gasteiger partial charge on any atom is -0.435 e. The van der Waals surface area contributed by atoms with Crippen LogP contribution in [0, 0.1) is 5.92 Å². The molecule has 1 aromatic carbocycles. The van der Waals surface area contributed by atoms with Crippen LogP contribution in [-0.4, -0.2) is 24.4 Å². The number of carbonyl (C=O) groups excluding carboxylic acids is 1. The molecule has 6 heteroatoms. The highest BCUT2D eigenvalue weighted by atomic mass is 35.5. The van der Waals surface area contributed by atoms with Crippen molar-refractivity contribution >= 4 is 17.5 Å². The third-order valence-corrected chi connectivity index (χ3v) is 3.42. The topological polar surface area (TPSA) is 38.3 Å². The highest BCUT2D eigenvalue weighted by Gasteiger charge is 2.29. The summed E-state index contributed by atoms with van der Waals surface area (Å²) in [6.07, 6.45) is 2.20. The Balaban J connectivity index is 1.90.